The molecule has 1 heterocycles. The molecule has 0 fully saturated rings. The Morgan fingerprint density at radius 3 is 2.23 bits per heavy atom. The fraction of sp³-hybridized carbons (Fsp3) is 0.286. The van der Waals surface area contributed by atoms with Crippen molar-refractivity contribution >= 4 is 17.9 Å². The van der Waals surface area contributed by atoms with Gasteiger partial charge < -0.3 is 14.9 Å². The second kappa shape index (κ2) is 3.26. The molecule has 0 aromatic carbocycles. The fourth-order valence-electron chi connectivity index (χ4n) is 0.952. The predicted octanol–water partition coefficient (Wildman–Crippen LogP) is -0.747. The van der Waals surface area contributed by atoms with Crippen molar-refractivity contribution in [1.29, 1.82) is 0 Å². The summed E-state index contributed by atoms with van der Waals surface area (Å²) in [7, 11) is 0. The molecule has 0 spiro atoms. The minimum Gasteiger partial charge on any atom is -0.480 e. The molecule has 1 aliphatic rings. The summed E-state index contributed by atoms with van der Waals surface area (Å²) in [6.45, 7) is 0. The monoisotopic (exact) mass is 186 g/mol. The number of hydrogen-bond acceptors (Lipinski definition) is 4. The number of aliphatic carboxylic acids is 2. The maximum Gasteiger partial charge on any atom is 0.331 e. The molecule has 1 unspecified atom stereocenters. The van der Waals surface area contributed by atoms with Gasteiger partial charge in [-0.2, -0.15) is 0 Å². The van der Waals surface area contributed by atoms with Crippen LogP contribution in [0.2, 0.25) is 0 Å². The summed E-state index contributed by atoms with van der Waals surface area (Å²) >= 11 is 0. The van der Waals surface area contributed by atoms with Crippen LogP contribution in [0.1, 0.15) is 0 Å². The Bertz CT molecular complexity index is 277. The highest BCUT2D eigenvalue weighted by atomic mass is 16.5. The maximum atomic E-state index is 10.5. The first-order valence-corrected chi connectivity index (χ1v) is 3.37. The zero-order valence-electron chi connectivity index (χ0n) is 6.34. The molecule has 0 aromatic heterocycles. The van der Waals surface area contributed by atoms with Gasteiger partial charge in [0.1, 0.15) is 6.10 Å². The van der Waals surface area contributed by atoms with Gasteiger partial charge in [-0.25, -0.2) is 4.79 Å². The summed E-state index contributed by atoms with van der Waals surface area (Å²) in [5.74, 6) is -5.52. The van der Waals surface area contributed by atoms with Crippen molar-refractivity contribution in [2.24, 2.45) is 5.92 Å². The second-order valence-corrected chi connectivity index (χ2v) is 2.41. The number of hydrogen-bond donors (Lipinski definition) is 2. The Hall–Kier alpha value is -1.85. The Kier molecular flexibility index (Phi) is 2.32. The first kappa shape index (κ1) is 9.24. The molecule has 0 aromatic rings. The average Bonchev–Trinajstić information content (AvgIpc) is 2.34. The number of esters is 1. The standard InChI is InChI=1S/C7H6O6/c8-4-2-1-3(13-4)5(6(9)10)7(11)12/h1-3,5H,(H,9,10)(H,11,12). The van der Waals surface area contributed by atoms with Crippen LogP contribution in [0.15, 0.2) is 12.2 Å². The van der Waals surface area contributed by atoms with E-state index in [4.69, 9.17) is 10.2 Å². The second-order valence-electron chi connectivity index (χ2n) is 2.41. The molecule has 0 saturated carbocycles. The topological polar surface area (TPSA) is 101 Å². The number of carboxylic acids is 2. The van der Waals surface area contributed by atoms with Gasteiger partial charge in [0.05, 0.1) is 0 Å². The largest absolute Gasteiger partial charge is 0.480 e. The summed E-state index contributed by atoms with van der Waals surface area (Å²) in [4.78, 5) is 31.4. The Labute approximate surface area is 72.4 Å². The Balaban J connectivity index is 2.78. The zero-order valence-corrected chi connectivity index (χ0v) is 6.34. The van der Waals surface area contributed by atoms with E-state index >= 15 is 0 Å². The summed E-state index contributed by atoms with van der Waals surface area (Å²) in [6.07, 6.45) is 0.918. The Morgan fingerprint density at radius 1 is 1.38 bits per heavy atom. The van der Waals surface area contributed by atoms with Gasteiger partial charge in [-0.3, -0.25) is 9.59 Å². The maximum absolute atomic E-state index is 10.5. The van der Waals surface area contributed by atoms with E-state index in [0.717, 1.165) is 12.2 Å². The third kappa shape index (κ3) is 1.84. The van der Waals surface area contributed by atoms with Crippen molar-refractivity contribution in [2.75, 3.05) is 0 Å². The van der Waals surface area contributed by atoms with Gasteiger partial charge in [-0.1, -0.05) is 0 Å². The molecule has 0 bridgehead atoms. The average molecular weight is 186 g/mol. The molecule has 1 rings (SSSR count). The molecular weight excluding hydrogens is 180 g/mol. The number of carboxylic acid groups (broad SMARTS) is 2. The van der Waals surface area contributed by atoms with Gasteiger partial charge in [0.15, 0.2) is 5.92 Å². The molecule has 0 saturated heterocycles. The van der Waals surface area contributed by atoms with E-state index in [-0.39, 0.29) is 0 Å². The van der Waals surface area contributed by atoms with Gasteiger partial charge in [0, 0.05) is 6.08 Å². The number of carbonyl (C=O) groups excluding carboxylic acids is 1. The van der Waals surface area contributed by atoms with E-state index in [1.165, 1.54) is 0 Å². The number of cyclic esters (lactones) is 1. The lowest BCUT2D eigenvalue weighted by Crippen LogP contribution is -2.34. The van der Waals surface area contributed by atoms with E-state index < -0.39 is 29.9 Å². The van der Waals surface area contributed by atoms with Crippen molar-refractivity contribution in [3.8, 4) is 0 Å². The molecule has 1 aliphatic heterocycles. The van der Waals surface area contributed by atoms with Gasteiger partial charge in [0.2, 0.25) is 0 Å². The van der Waals surface area contributed by atoms with E-state index in [2.05, 4.69) is 4.74 Å². The first-order valence-electron chi connectivity index (χ1n) is 3.37. The van der Waals surface area contributed by atoms with E-state index in [1.807, 2.05) is 0 Å². The van der Waals surface area contributed by atoms with E-state index in [0.29, 0.717) is 0 Å². The fourth-order valence-corrected chi connectivity index (χ4v) is 0.952. The normalized spacial score (nSPS) is 20.4. The summed E-state index contributed by atoms with van der Waals surface area (Å²) in [5, 5.41) is 17.0. The van der Waals surface area contributed by atoms with Gasteiger partial charge in [-0.05, 0) is 6.08 Å². The summed E-state index contributed by atoms with van der Waals surface area (Å²) in [6, 6.07) is 0. The summed E-state index contributed by atoms with van der Waals surface area (Å²) < 4.78 is 4.43. The van der Waals surface area contributed by atoms with Gasteiger partial charge in [0.25, 0.3) is 0 Å². The number of ether oxygens (including phenoxy) is 1. The first-order chi connectivity index (χ1) is 6.02. The minimum atomic E-state index is -1.73. The molecule has 6 heteroatoms. The van der Waals surface area contributed by atoms with Crippen molar-refractivity contribution in [3.05, 3.63) is 12.2 Å². The lowest BCUT2D eigenvalue weighted by atomic mass is 10.0. The van der Waals surface area contributed by atoms with Gasteiger partial charge >= 0.3 is 17.9 Å². The molecule has 70 valence electrons. The molecular formula is C7H6O6. The molecule has 2 N–H and O–H groups in total. The van der Waals surface area contributed by atoms with Crippen LogP contribution >= 0.6 is 0 Å². The van der Waals surface area contributed by atoms with Gasteiger partial charge in [-0.15, -0.1) is 0 Å². The van der Waals surface area contributed by atoms with Crippen molar-refractivity contribution in [2.45, 2.75) is 6.10 Å². The molecule has 0 radical (unpaired) electrons. The van der Waals surface area contributed by atoms with E-state index in [1.54, 1.807) is 0 Å². The van der Waals surface area contributed by atoms with Crippen molar-refractivity contribution in [3.63, 3.8) is 0 Å². The molecule has 0 amide bonds. The minimum absolute atomic E-state index is 0.725. The lowest BCUT2D eigenvalue weighted by molar-refractivity contribution is -0.161. The molecule has 13 heavy (non-hydrogen) atoms. The molecule has 6 nitrogen and oxygen atoms in total. The third-order valence-electron chi connectivity index (χ3n) is 1.53. The number of rotatable bonds is 3. The van der Waals surface area contributed by atoms with Crippen LogP contribution < -0.4 is 0 Å². The highest BCUT2D eigenvalue weighted by Crippen LogP contribution is 2.15. The SMILES string of the molecule is O=C1C=CC(C(C(=O)O)C(=O)O)O1. The highest BCUT2D eigenvalue weighted by Gasteiger charge is 2.38. The van der Waals surface area contributed by atoms with Crippen LogP contribution in [0.25, 0.3) is 0 Å². The van der Waals surface area contributed by atoms with Crippen LogP contribution in [0.3, 0.4) is 0 Å². The van der Waals surface area contributed by atoms with Crippen LogP contribution in [-0.4, -0.2) is 34.2 Å². The molecule has 1 atom stereocenters. The number of carbonyl (C=O) groups is 3. The van der Waals surface area contributed by atoms with Crippen molar-refractivity contribution in [1.82, 2.24) is 0 Å². The van der Waals surface area contributed by atoms with Crippen LogP contribution in [0, 0.1) is 5.92 Å². The van der Waals surface area contributed by atoms with Crippen molar-refractivity contribution < 1.29 is 29.3 Å². The lowest BCUT2D eigenvalue weighted by Gasteiger charge is -2.12. The molecule has 0 aliphatic carbocycles. The van der Waals surface area contributed by atoms with Crippen LogP contribution in [0.4, 0.5) is 0 Å². The van der Waals surface area contributed by atoms with Crippen LogP contribution in [0.5, 0.6) is 0 Å². The highest BCUT2D eigenvalue weighted by molar-refractivity contribution is 5.95. The smallest absolute Gasteiger partial charge is 0.331 e. The third-order valence-corrected chi connectivity index (χ3v) is 1.53. The van der Waals surface area contributed by atoms with Crippen LogP contribution in [-0.2, 0) is 19.1 Å². The predicted molar refractivity (Wildman–Crippen MR) is 37.8 cm³/mol. The van der Waals surface area contributed by atoms with E-state index in [9.17, 15) is 14.4 Å². The zero-order chi connectivity index (χ0) is 10.0. The quantitative estimate of drug-likeness (QED) is 0.444. The summed E-state index contributed by atoms with van der Waals surface area (Å²) in [5.41, 5.74) is 0. The Morgan fingerprint density at radius 2 is 1.92 bits per heavy atom.